The Balaban J connectivity index is 2.83. The van der Waals surface area contributed by atoms with Crippen LogP contribution in [0.15, 0.2) is 24.3 Å². The minimum atomic E-state index is -0.522. The Labute approximate surface area is 96.5 Å². The smallest absolute Gasteiger partial charge is 0.229 e. The largest absolute Gasteiger partial charge is 0.389 e. The summed E-state index contributed by atoms with van der Waals surface area (Å²) < 4.78 is 0. The molecule has 2 N–H and O–H groups in total. The Morgan fingerprint density at radius 3 is 2.50 bits per heavy atom. The minimum absolute atomic E-state index is 0.0322. The predicted octanol–water partition coefficient (Wildman–Crippen LogP) is 2.72. The van der Waals surface area contributed by atoms with E-state index in [-0.39, 0.29) is 5.91 Å². The van der Waals surface area contributed by atoms with Crippen LogP contribution < -0.4 is 5.32 Å². The molecule has 88 valence electrons. The molecule has 3 heteroatoms. The highest BCUT2D eigenvalue weighted by atomic mass is 16.3. The highest BCUT2D eigenvalue weighted by Crippen LogP contribution is 2.20. The molecule has 0 bridgehead atoms. The lowest BCUT2D eigenvalue weighted by molar-refractivity contribution is -0.123. The van der Waals surface area contributed by atoms with Crippen molar-refractivity contribution in [2.24, 2.45) is 5.41 Å². The van der Waals surface area contributed by atoms with E-state index in [1.54, 1.807) is 13.0 Å². The van der Waals surface area contributed by atoms with E-state index in [0.29, 0.717) is 0 Å². The molecule has 1 aromatic rings. The van der Waals surface area contributed by atoms with Gasteiger partial charge in [-0.05, 0) is 24.6 Å². The number of aliphatic hydroxyl groups excluding tert-OH is 1. The summed E-state index contributed by atoms with van der Waals surface area (Å²) in [6, 6.07) is 7.25. The van der Waals surface area contributed by atoms with Gasteiger partial charge in [0.05, 0.1) is 6.10 Å². The Hall–Kier alpha value is -1.35. The van der Waals surface area contributed by atoms with Crippen molar-refractivity contribution in [2.45, 2.75) is 33.8 Å². The normalized spacial score (nSPS) is 13.3. The molecule has 0 radical (unpaired) electrons. The van der Waals surface area contributed by atoms with Gasteiger partial charge in [-0.2, -0.15) is 0 Å². The molecule has 1 rings (SSSR count). The quantitative estimate of drug-likeness (QED) is 0.806. The molecule has 0 unspecified atom stereocenters. The fourth-order valence-corrected chi connectivity index (χ4v) is 1.19. The molecule has 0 aliphatic rings. The van der Waals surface area contributed by atoms with Crippen LogP contribution in [0.5, 0.6) is 0 Å². The lowest BCUT2D eigenvalue weighted by Crippen LogP contribution is -2.27. The van der Waals surface area contributed by atoms with Gasteiger partial charge in [-0.25, -0.2) is 0 Å². The molecule has 1 amide bonds. The Morgan fingerprint density at radius 1 is 1.38 bits per heavy atom. The fourth-order valence-electron chi connectivity index (χ4n) is 1.19. The van der Waals surface area contributed by atoms with E-state index in [9.17, 15) is 9.90 Å². The van der Waals surface area contributed by atoms with Gasteiger partial charge in [-0.1, -0.05) is 32.9 Å². The Bertz CT molecular complexity index is 378. The van der Waals surface area contributed by atoms with Crippen molar-refractivity contribution in [3.8, 4) is 0 Å². The third kappa shape index (κ3) is 3.35. The Kier molecular flexibility index (Phi) is 3.70. The highest BCUT2D eigenvalue weighted by Gasteiger charge is 2.21. The van der Waals surface area contributed by atoms with Crippen molar-refractivity contribution in [3.05, 3.63) is 29.8 Å². The second kappa shape index (κ2) is 4.66. The maximum atomic E-state index is 11.7. The average Bonchev–Trinajstić information content (AvgIpc) is 2.16. The standard InChI is InChI=1S/C13H19NO2/c1-9(15)10-6-5-7-11(8-10)14-12(16)13(2,3)4/h5-9,15H,1-4H3,(H,14,16)/t9-/m1/s1. The first-order valence-corrected chi connectivity index (χ1v) is 5.40. The third-order valence-corrected chi connectivity index (χ3v) is 2.31. The first-order chi connectivity index (χ1) is 7.30. The van der Waals surface area contributed by atoms with Crippen LogP contribution in [-0.4, -0.2) is 11.0 Å². The van der Waals surface area contributed by atoms with Crippen molar-refractivity contribution in [3.63, 3.8) is 0 Å². The number of carbonyl (C=O) groups excluding carboxylic acids is 1. The summed E-state index contributed by atoms with van der Waals surface area (Å²) in [6.45, 7) is 7.28. The van der Waals surface area contributed by atoms with E-state index >= 15 is 0 Å². The number of hydrogen-bond donors (Lipinski definition) is 2. The lowest BCUT2D eigenvalue weighted by atomic mass is 9.95. The van der Waals surface area contributed by atoms with E-state index in [0.717, 1.165) is 11.3 Å². The van der Waals surface area contributed by atoms with E-state index in [4.69, 9.17) is 0 Å². The van der Waals surface area contributed by atoms with Crippen LogP contribution >= 0.6 is 0 Å². The second-order valence-corrected chi connectivity index (χ2v) is 5.01. The Morgan fingerprint density at radius 2 is 2.00 bits per heavy atom. The summed E-state index contributed by atoms with van der Waals surface area (Å²) in [5, 5.41) is 12.3. The first-order valence-electron chi connectivity index (χ1n) is 5.40. The van der Waals surface area contributed by atoms with Crippen molar-refractivity contribution < 1.29 is 9.90 Å². The predicted molar refractivity (Wildman–Crippen MR) is 65.2 cm³/mol. The summed E-state index contributed by atoms with van der Waals surface area (Å²) >= 11 is 0. The number of benzene rings is 1. The van der Waals surface area contributed by atoms with Crippen LogP contribution in [0.4, 0.5) is 5.69 Å². The molecule has 0 aliphatic carbocycles. The zero-order chi connectivity index (χ0) is 12.3. The van der Waals surface area contributed by atoms with E-state index in [1.165, 1.54) is 0 Å². The van der Waals surface area contributed by atoms with Crippen LogP contribution in [0, 0.1) is 5.41 Å². The van der Waals surface area contributed by atoms with Gasteiger partial charge in [-0.15, -0.1) is 0 Å². The zero-order valence-corrected chi connectivity index (χ0v) is 10.2. The summed E-state index contributed by atoms with van der Waals surface area (Å²) in [4.78, 5) is 11.7. The third-order valence-electron chi connectivity index (χ3n) is 2.31. The van der Waals surface area contributed by atoms with Gasteiger partial charge < -0.3 is 10.4 Å². The molecule has 0 aliphatic heterocycles. The molecule has 0 aromatic heterocycles. The lowest BCUT2D eigenvalue weighted by Gasteiger charge is -2.18. The van der Waals surface area contributed by atoms with Crippen LogP contribution in [0.25, 0.3) is 0 Å². The number of amides is 1. The summed E-state index contributed by atoms with van der Waals surface area (Å²) in [5.74, 6) is -0.0322. The van der Waals surface area contributed by atoms with E-state index in [1.807, 2.05) is 39.0 Å². The summed E-state index contributed by atoms with van der Waals surface area (Å²) in [6.07, 6.45) is -0.522. The number of rotatable bonds is 2. The number of hydrogen-bond acceptors (Lipinski definition) is 2. The zero-order valence-electron chi connectivity index (χ0n) is 10.2. The maximum absolute atomic E-state index is 11.7. The van der Waals surface area contributed by atoms with Crippen molar-refractivity contribution in [1.29, 1.82) is 0 Å². The monoisotopic (exact) mass is 221 g/mol. The van der Waals surface area contributed by atoms with Crippen LogP contribution in [0.1, 0.15) is 39.4 Å². The van der Waals surface area contributed by atoms with E-state index in [2.05, 4.69) is 5.32 Å². The molecule has 1 atom stereocenters. The molecular formula is C13H19NO2. The molecular weight excluding hydrogens is 202 g/mol. The minimum Gasteiger partial charge on any atom is -0.389 e. The number of nitrogens with one attached hydrogen (secondary N) is 1. The molecule has 0 saturated heterocycles. The van der Waals surface area contributed by atoms with Crippen molar-refractivity contribution in [2.75, 3.05) is 5.32 Å². The fraction of sp³-hybridized carbons (Fsp3) is 0.462. The average molecular weight is 221 g/mol. The molecule has 3 nitrogen and oxygen atoms in total. The van der Waals surface area contributed by atoms with Crippen LogP contribution in [0.2, 0.25) is 0 Å². The van der Waals surface area contributed by atoms with Gasteiger partial charge in [0, 0.05) is 11.1 Å². The second-order valence-electron chi connectivity index (χ2n) is 5.01. The molecule has 16 heavy (non-hydrogen) atoms. The van der Waals surface area contributed by atoms with Gasteiger partial charge in [-0.3, -0.25) is 4.79 Å². The van der Waals surface area contributed by atoms with Crippen LogP contribution in [0.3, 0.4) is 0 Å². The topological polar surface area (TPSA) is 49.3 Å². The van der Waals surface area contributed by atoms with Gasteiger partial charge in [0.25, 0.3) is 0 Å². The highest BCUT2D eigenvalue weighted by molar-refractivity contribution is 5.94. The number of aliphatic hydroxyl groups is 1. The van der Waals surface area contributed by atoms with Gasteiger partial charge >= 0.3 is 0 Å². The maximum Gasteiger partial charge on any atom is 0.229 e. The SMILES string of the molecule is C[C@@H](O)c1cccc(NC(=O)C(C)(C)C)c1. The van der Waals surface area contributed by atoms with Gasteiger partial charge in [0.1, 0.15) is 0 Å². The van der Waals surface area contributed by atoms with E-state index < -0.39 is 11.5 Å². The number of anilines is 1. The van der Waals surface area contributed by atoms with Crippen LogP contribution in [-0.2, 0) is 4.79 Å². The van der Waals surface area contributed by atoms with Crippen molar-refractivity contribution in [1.82, 2.24) is 0 Å². The summed E-state index contributed by atoms with van der Waals surface area (Å²) in [5.41, 5.74) is 1.10. The number of carbonyl (C=O) groups is 1. The molecule has 0 fully saturated rings. The first kappa shape index (κ1) is 12.7. The van der Waals surface area contributed by atoms with Gasteiger partial charge in [0.15, 0.2) is 0 Å². The molecule has 1 aromatic carbocycles. The summed E-state index contributed by atoms with van der Waals surface area (Å²) in [7, 11) is 0. The van der Waals surface area contributed by atoms with Gasteiger partial charge in [0.2, 0.25) is 5.91 Å². The molecule has 0 spiro atoms. The molecule has 0 saturated carbocycles. The molecule has 0 heterocycles. The van der Waals surface area contributed by atoms with Crippen molar-refractivity contribution >= 4 is 11.6 Å².